The molecule has 5 heteroatoms. The Morgan fingerprint density at radius 2 is 2.06 bits per heavy atom. The first-order valence-corrected chi connectivity index (χ1v) is 6.08. The summed E-state index contributed by atoms with van der Waals surface area (Å²) < 4.78 is 0. The summed E-state index contributed by atoms with van der Waals surface area (Å²) in [5.74, 6) is -0.262. The third-order valence-electron chi connectivity index (χ3n) is 3.04. The average molecular weight is 229 g/mol. The molecule has 0 atom stereocenters. The van der Waals surface area contributed by atoms with Crippen LogP contribution in [0.15, 0.2) is 0 Å². The quantitative estimate of drug-likeness (QED) is 0.504. The fraction of sp³-hybridized carbons (Fsp3) is 0.909. The molecule has 1 aliphatic heterocycles. The molecule has 0 saturated carbocycles. The van der Waals surface area contributed by atoms with Crippen LogP contribution in [0.25, 0.3) is 0 Å². The summed E-state index contributed by atoms with van der Waals surface area (Å²) in [6, 6.07) is 0.465. The average Bonchev–Trinajstić information content (AvgIpc) is 2.29. The Morgan fingerprint density at radius 1 is 1.38 bits per heavy atom. The summed E-state index contributed by atoms with van der Waals surface area (Å²) in [7, 11) is 0. The molecule has 5 nitrogen and oxygen atoms in total. The van der Waals surface area contributed by atoms with Crippen LogP contribution in [0.2, 0.25) is 0 Å². The minimum absolute atomic E-state index is 0.219. The van der Waals surface area contributed by atoms with Crippen LogP contribution in [0.1, 0.15) is 25.7 Å². The SMILES string of the molecule is NC(=O)CN(CCCCO)C1CCNCC1. The van der Waals surface area contributed by atoms with Crippen LogP contribution < -0.4 is 11.1 Å². The lowest BCUT2D eigenvalue weighted by Crippen LogP contribution is -2.46. The molecule has 16 heavy (non-hydrogen) atoms. The van der Waals surface area contributed by atoms with Crippen molar-refractivity contribution in [3.05, 3.63) is 0 Å². The van der Waals surface area contributed by atoms with E-state index in [9.17, 15) is 4.79 Å². The molecule has 0 spiro atoms. The standard InChI is InChI=1S/C11H23N3O2/c12-11(16)9-14(7-1-2-8-15)10-3-5-13-6-4-10/h10,13,15H,1-9H2,(H2,12,16). The number of aliphatic hydroxyl groups excluding tert-OH is 1. The van der Waals surface area contributed by atoms with Crippen LogP contribution in [0.4, 0.5) is 0 Å². The first-order valence-electron chi connectivity index (χ1n) is 6.08. The molecular formula is C11H23N3O2. The van der Waals surface area contributed by atoms with E-state index in [1.54, 1.807) is 0 Å². The largest absolute Gasteiger partial charge is 0.396 e. The highest BCUT2D eigenvalue weighted by Crippen LogP contribution is 2.12. The van der Waals surface area contributed by atoms with Gasteiger partial charge in [0.05, 0.1) is 6.54 Å². The number of unbranched alkanes of at least 4 members (excludes halogenated alkanes) is 1. The Bertz CT molecular complexity index is 205. The van der Waals surface area contributed by atoms with Gasteiger partial charge in [0.2, 0.25) is 5.91 Å². The molecule has 0 bridgehead atoms. The highest BCUT2D eigenvalue weighted by atomic mass is 16.2. The Kier molecular flexibility index (Phi) is 6.37. The molecule has 1 saturated heterocycles. The molecule has 0 radical (unpaired) electrons. The number of carbonyl (C=O) groups is 1. The van der Waals surface area contributed by atoms with Crippen LogP contribution >= 0.6 is 0 Å². The van der Waals surface area contributed by atoms with Gasteiger partial charge in [0.25, 0.3) is 0 Å². The van der Waals surface area contributed by atoms with E-state index in [0.717, 1.165) is 45.3 Å². The van der Waals surface area contributed by atoms with Crippen LogP contribution in [-0.4, -0.2) is 54.7 Å². The molecule has 0 aromatic rings. The fourth-order valence-corrected chi connectivity index (χ4v) is 2.19. The van der Waals surface area contributed by atoms with Gasteiger partial charge in [0, 0.05) is 12.6 Å². The van der Waals surface area contributed by atoms with E-state index >= 15 is 0 Å². The highest BCUT2D eigenvalue weighted by molar-refractivity contribution is 5.75. The topological polar surface area (TPSA) is 78.6 Å². The summed E-state index contributed by atoms with van der Waals surface area (Å²) in [5.41, 5.74) is 5.26. The van der Waals surface area contributed by atoms with Crippen LogP contribution in [0.5, 0.6) is 0 Å². The van der Waals surface area contributed by atoms with Gasteiger partial charge in [-0.25, -0.2) is 0 Å². The minimum atomic E-state index is -0.262. The summed E-state index contributed by atoms with van der Waals surface area (Å²) in [6.07, 6.45) is 3.87. The van der Waals surface area contributed by atoms with E-state index in [-0.39, 0.29) is 12.5 Å². The zero-order valence-corrected chi connectivity index (χ0v) is 9.82. The number of aliphatic hydroxyl groups is 1. The maximum Gasteiger partial charge on any atom is 0.231 e. The molecular weight excluding hydrogens is 206 g/mol. The molecule has 1 amide bonds. The Hall–Kier alpha value is -0.650. The normalized spacial score (nSPS) is 17.9. The van der Waals surface area contributed by atoms with Gasteiger partial charge in [0.1, 0.15) is 0 Å². The van der Waals surface area contributed by atoms with E-state index in [1.165, 1.54) is 0 Å². The fourth-order valence-electron chi connectivity index (χ4n) is 2.19. The summed E-state index contributed by atoms with van der Waals surface area (Å²) in [4.78, 5) is 13.2. The van der Waals surface area contributed by atoms with Crippen LogP contribution in [-0.2, 0) is 4.79 Å². The highest BCUT2D eigenvalue weighted by Gasteiger charge is 2.21. The second-order valence-corrected chi connectivity index (χ2v) is 4.35. The van der Waals surface area contributed by atoms with Crippen molar-refractivity contribution in [1.29, 1.82) is 0 Å². The monoisotopic (exact) mass is 229 g/mol. The van der Waals surface area contributed by atoms with Crippen molar-refractivity contribution in [2.45, 2.75) is 31.7 Å². The predicted octanol–water partition coefficient (Wildman–Crippen LogP) is -0.702. The second kappa shape index (κ2) is 7.60. The number of rotatable bonds is 7. The van der Waals surface area contributed by atoms with Gasteiger partial charge in [-0.15, -0.1) is 0 Å². The van der Waals surface area contributed by atoms with E-state index < -0.39 is 0 Å². The zero-order valence-electron chi connectivity index (χ0n) is 9.82. The van der Waals surface area contributed by atoms with E-state index in [2.05, 4.69) is 10.2 Å². The lowest BCUT2D eigenvalue weighted by Gasteiger charge is -2.33. The number of hydrogen-bond acceptors (Lipinski definition) is 4. The number of primary amides is 1. The first-order chi connectivity index (χ1) is 7.74. The van der Waals surface area contributed by atoms with Gasteiger partial charge in [0.15, 0.2) is 0 Å². The molecule has 0 unspecified atom stereocenters. The molecule has 4 N–H and O–H groups in total. The lowest BCUT2D eigenvalue weighted by molar-refractivity contribution is -0.119. The van der Waals surface area contributed by atoms with Gasteiger partial charge < -0.3 is 16.2 Å². The third-order valence-corrected chi connectivity index (χ3v) is 3.04. The Morgan fingerprint density at radius 3 is 2.62 bits per heavy atom. The maximum atomic E-state index is 11.0. The molecule has 1 fully saturated rings. The molecule has 1 aliphatic rings. The molecule has 94 valence electrons. The molecule has 1 heterocycles. The van der Waals surface area contributed by atoms with Crippen molar-refractivity contribution in [3.63, 3.8) is 0 Å². The van der Waals surface area contributed by atoms with Crippen molar-refractivity contribution < 1.29 is 9.90 Å². The van der Waals surface area contributed by atoms with E-state index in [4.69, 9.17) is 10.8 Å². The molecule has 0 aromatic heterocycles. The van der Waals surface area contributed by atoms with Crippen molar-refractivity contribution in [2.24, 2.45) is 5.73 Å². The molecule has 1 rings (SSSR count). The third kappa shape index (κ3) is 4.92. The van der Waals surface area contributed by atoms with Gasteiger partial charge in [-0.3, -0.25) is 9.69 Å². The van der Waals surface area contributed by atoms with E-state index in [1.807, 2.05) is 0 Å². The van der Waals surface area contributed by atoms with Crippen molar-refractivity contribution in [2.75, 3.05) is 32.8 Å². The number of nitrogens with zero attached hydrogens (tertiary/aromatic N) is 1. The number of hydrogen-bond donors (Lipinski definition) is 3. The van der Waals surface area contributed by atoms with Crippen LogP contribution in [0.3, 0.4) is 0 Å². The van der Waals surface area contributed by atoms with Gasteiger partial charge in [-0.2, -0.15) is 0 Å². The summed E-state index contributed by atoms with van der Waals surface area (Å²) >= 11 is 0. The van der Waals surface area contributed by atoms with Crippen LogP contribution in [0, 0.1) is 0 Å². The zero-order chi connectivity index (χ0) is 11.8. The number of piperidine rings is 1. The lowest BCUT2D eigenvalue weighted by atomic mass is 10.0. The number of nitrogens with one attached hydrogen (secondary N) is 1. The van der Waals surface area contributed by atoms with E-state index in [0.29, 0.717) is 12.6 Å². The number of nitrogens with two attached hydrogens (primary N) is 1. The molecule has 0 aliphatic carbocycles. The maximum absolute atomic E-state index is 11.0. The Balaban J connectivity index is 2.37. The molecule has 0 aromatic carbocycles. The van der Waals surface area contributed by atoms with Crippen molar-refractivity contribution in [1.82, 2.24) is 10.2 Å². The summed E-state index contributed by atoms with van der Waals surface area (Å²) in [5, 5.41) is 12.1. The second-order valence-electron chi connectivity index (χ2n) is 4.35. The van der Waals surface area contributed by atoms with Crippen molar-refractivity contribution in [3.8, 4) is 0 Å². The number of carbonyl (C=O) groups excluding carboxylic acids is 1. The van der Waals surface area contributed by atoms with Gasteiger partial charge in [-0.1, -0.05) is 0 Å². The minimum Gasteiger partial charge on any atom is -0.396 e. The smallest absolute Gasteiger partial charge is 0.231 e. The van der Waals surface area contributed by atoms with Gasteiger partial charge in [-0.05, 0) is 45.3 Å². The first kappa shape index (κ1) is 13.4. The number of amides is 1. The Labute approximate surface area is 97.0 Å². The van der Waals surface area contributed by atoms with Crippen molar-refractivity contribution >= 4 is 5.91 Å². The van der Waals surface area contributed by atoms with Gasteiger partial charge >= 0.3 is 0 Å². The summed E-state index contributed by atoms with van der Waals surface area (Å²) in [6.45, 7) is 3.45. The predicted molar refractivity (Wildman–Crippen MR) is 63.0 cm³/mol.